The Bertz CT molecular complexity index is 627. The van der Waals surface area contributed by atoms with E-state index in [-0.39, 0.29) is 16.4 Å². The Morgan fingerprint density at radius 3 is 2.39 bits per heavy atom. The molecule has 1 heterocycles. The van der Waals surface area contributed by atoms with E-state index in [1.165, 1.54) is 12.1 Å². The fourth-order valence-corrected chi connectivity index (χ4v) is 1.92. The molecular weight excluding hydrogens is 258 g/mol. The number of aryl methyl sites for hydroxylation is 2. The average molecular weight is 269 g/mol. The van der Waals surface area contributed by atoms with E-state index in [0.717, 1.165) is 0 Å². The minimum Gasteiger partial charge on any atom is -0.233 e. The molecule has 0 bridgehead atoms. The van der Waals surface area contributed by atoms with Crippen molar-refractivity contribution in [2.75, 3.05) is 0 Å². The van der Waals surface area contributed by atoms with Crippen LogP contribution in [0.2, 0.25) is 5.15 Å². The zero-order valence-corrected chi connectivity index (χ0v) is 10.9. The summed E-state index contributed by atoms with van der Waals surface area (Å²) in [6.07, 6.45) is 0. The molecule has 2 aromatic rings. The Kier molecular flexibility index (Phi) is 3.30. The van der Waals surface area contributed by atoms with Crippen LogP contribution in [-0.4, -0.2) is 9.97 Å². The van der Waals surface area contributed by atoms with E-state index in [4.69, 9.17) is 11.6 Å². The maximum atomic E-state index is 14.0. The summed E-state index contributed by atoms with van der Waals surface area (Å²) in [5.74, 6) is -0.900. The Balaban J connectivity index is 2.81. The highest BCUT2D eigenvalue weighted by Gasteiger charge is 2.19. The standard InChI is InChI=1S/C13H11ClF2N2/c1-6-4-5-9(15)10(11(6)16)12-7(2)13(14)18-8(3)17-12/h4-5H,1-3H3. The van der Waals surface area contributed by atoms with Crippen LogP contribution in [0.3, 0.4) is 0 Å². The smallest absolute Gasteiger partial charge is 0.138 e. The van der Waals surface area contributed by atoms with Gasteiger partial charge in [0.15, 0.2) is 0 Å². The number of aromatic nitrogens is 2. The molecule has 1 aromatic heterocycles. The summed E-state index contributed by atoms with van der Waals surface area (Å²) < 4.78 is 27.9. The molecule has 0 fully saturated rings. The molecular formula is C13H11ClF2N2. The van der Waals surface area contributed by atoms with Gasteiger partial charge in [0, 0.05) is 5.56 Å². The van der Waals surface area contributed by atoms with Crippen LogP contribution in [0.25, 0.3) is 11.3 Å². The lowest BCUT2D eigenvalue weighted by molar-refractivity contribution is 0.582. The van der Waals surface area contributed by atoms with Crippen molar-refractivity contribution in [3.05, 3.63) is 45.9 Å². The summed E-state index contributed by atoms with van der Waals surface area (Å²) in [4.78, 5) is 8.04. The van der Waals surface area contributed by atoms with Gasteiger partial charge in [-0.25, -0.2) is 18.7 Å². The van der Waals surface area contributed by atoms with E-state index in [1.807, 2.05) is 0 Å². The number of hydrogen-bond acceptors (Lipinski definition) is 2. The van der Waals surface area contributed by atoms with Crippen LogP contribution in [0.4, 0.5) is 8.78 Å². The summed E-state index contributed by atoms with van der Waals surface area (Å²) >= 11 is 5.92. The van der Waals surface area contributed by atoms with E-state index < -0.39 is 11.6 Å². The fourth-order valence-electron chi connectivity index (χ4n) is 1.71. The van der Waals surface area contributed by atoms with Crippen molar-refractivity contribution in [1.82, 2.24) is 9.97 Å². The van der Waals surface area contributed by atoms with Crippen molar-refractivity contribution in [2.45, 2.75) is 20.8 Å². The lowest BCUT2D eigenvalue weighted by Gasteiger charge is -2.11. The molecule has 18 heavy (non-hydrogen) atoms. The Morgan fingerprint density at radius 1 is 1.06 bits per heavy atom. The van der Waals surface area contributed by atoms with E-state index in [0.29, 0.717) is 17.0 Å². The van der Waals surface area contributed by atoms with Gasteiger partial charge in [-0.05, 0) is 32.4 Å². The van der Waals surface area contributed by atoms with Gasteiger partial charge in [0.2, 0.25) is 0 Å². The molecule has 0 radical (unpaired) electrons. The lowest BCUT2D eigenvalue weighted by Crippen LogP contribution is -2.01. The van der Waals surface area contributed by atoms with E-state index in [1.54, 1.807) is 20.8 Å². The van der Waals surface area contributed by atoms with Gasteiger partial charge < -0.3 is 0 Å². The second-order valence-corrected chi connectivity index (χ2v) is 4.45. The van der Waals surface area contributed by atoms with Crippen LogP contribution in [0, 0.1) is 32.4 Å². The van der Waals surface area contributed by atoms with Crippen LogP contribution in [0.15, 0.2) is 12.1 Å². The molecule has 0 saturated heterocycles. The van der Waals surface area contributed by atoms with Gasteiger partial charge in [-0.1, -0.05) is 17.7 Å². The van der Waals surface area contributed by atoms with Crippen molar-refractivity contribution < 1.29 is 8.78 Å². The highest BCUT2D eigenvalue weighted by atomic mass is 35.5. The van der Waals surface area contributed by atoms with E-state index in [9.17, 15) is 8.78 Å². The van der Waals surface area contributed by atoms with Crippen LogP contribution < -0.4 is 0 Å². The molecule has 2 rings (SSSR count). The van der Waals surface area contributed by atoms with Crippen LogP contribution in [0.1, 0.15) is 17.0 Å². The summed E-state index contributed by atoms with van der Waals surface area (Å²) in [5, 5.41) is 0.206. The lowest BCUT2D eigenvalue weighted by atomic mass is 10.0. The topological polar surface area (TPSA) is 25.8 Å². The maximum Gasteiger partial charge on any atom is 0.138 e. The maximum absolute atomic E-state index is 14.0. The van der Waals surface area contributed by atoms with Gasteiger partial charge in [0.25, 0.3) is 0 Å². The zero-order valence-electron chi connectivity index (χ0n) is 10.2. The Labute approximate surface area is 109 Å². The third kappa shape index (κ3) is 2.08. The molecule has 2 nitrogen and oxygen atoms in total. The first-order valence-corrected chi connectivity index (χ1v) is 5.75. The summed E-state index contributed by atoms with van der Waals surface area (Å²) in [7, 11) is 0. The SMILES string of the molecule is Cc1nc(Cl)c(C)c(-c2c(F)ccc(C)c2F)n1. The second-order valence-electron chi connectivity index (χ2n) is 4.09. The van der Waals surface area contributed by atoms with Crippen molar-refractivity contribution in [3.8, 4) is 11.3 Å². The van der Waals surface area contributed by atoms with Gasteiger partial charge in [0.05, 0.1) is 11.3 Å². The highest BCUT2D eigenvalue weighted by Crippen LogP contribution is 2.31. The van der Waals surface area contributed by atoms with Crippen molar-refractivity contribution in [3.63, 3.8) is 0 Å². The minimum atomic E-state index is -0.657. The third-order valence-corrected chi connectivity index (χ3v) is 3.09. The molecule has 0 atom stereocenters. The normalized spacial score (nSPS) is 10.8. The number of halogens is 3. The fraction of sp³-hybridized carbons (Fsp3) is 0.231. The summed E-state index contributed by atoms with van der Waals surface area (Å²) in [6.45, 7) is 4.84. The first-order valence-electron chi connectivity index (χ1n) is 5.37. The van der Waals surface area contributed by atoms with Crippen molar-refractivity contribution in [2.24, 2.45) is 0 Å². The second kappa shape index (κ2) is 4.61. The van der Waals surface area contributed by atoms with E-state index in [2.05, 4.69) is 9.97 Å². The quantitative estimate of drug-likeness (QED) is 0.731. The van der Waals surface area contributed by atoms with Gasteiger partial charge >= 0.3 is 0 Å². The predicted molar refractivity (Wildman–Crippen MR) is 66.6 cm³/mol. The Morgan fingerprint density at radius 2 is 1.72 bits per heavy atom. The van der Waals surface area contributed by atoms with Crippen molar-refractivity contribution in [1.29, 1.82) is 0 Å². The molecule has 94 valence electrons. The van der Waals surface area contributed by atoms with Crippen LogP contribution in [0.5, 0.6) is 0 Å². The zero-order chi connectivity index (χ0) is 13.4. The molecule has 0 amide bonds. The molecule has 0 saturated carbocycles. The van der Waals surface area contributed by atoms with Gasteiger partial charge in [0.1, 0.15) is 22.6 Å². The van der Waals surface area contributed by atoms with Crippen LogP contribution >= 0.6 is 11.6 Å². The molecule has 0 aliphatic rings. The number of nitrogens with zero attached hydrogens (tertiary/aromatic N) is 2. The third-order valence-electron chi connectivity index (χ3n) is 2.72. The van der Waals surface area contributed by atoms with Crippen molar-refractivity contribution >= 4 is 11.6 Å². The first-order chi connectivity index (χ1) is 8.41. The molecule has 5 heteroatoms. The molecule has 0 spiro atoms. The monoisotopic (exact) mass is 268 g/mol. The molecule has 1 aromatic carbocycles. The molecule has 0 aliphatic heterocycles. The number of benzene rings is 1. The number of rotatable bonds is 1. The number of hydrogen-bond donors (Lipinski definition) is 0. The molecule has 0 N–H and O–H groups in total. The molecule has 0 unspecified atom stereocenters. The van der Waals surface area contributed by atoms with Gasteiger partial charge in [-0.15, -0.1) is 0 Å². The highest BCUT2D eigenvalue weighted by molar-refractivity contribution is 6.30. The van der Waals surface area contributed by atoms with Crippen LogP contribution in [-0.2, 0) is 0 Å². The largest absolute Gasteiger partial charge is 0.233 e. The minimum absolute atomic E-state index is 0.153. The van der Waals surface area contributed by atoms with Gasteiger partial charge in [-0.3, -0.25) is 0 Å². The Hall–Kier alpha value is -1.55. The summed E-state index contributed by atoms with van der Waals surface area (Å²) in [5.41, 5.74) is 0.870. The summed E-state index contributed by atoms with van der Waals surface area (Å²) in [6, 6.07) is 2.61. The molecule has 0 aliphatic carbocycles. The first kappa shape index (κ1) is 12.9. The van der Waals surface area contributed by atoms with E-state index >= 15 is 0 Å². The van der Waals surface area contributed by atoms with Gasteiger partial charge in [-0.2, -0.15) is 0 Å². The average Bonchev–Trinajstić information content (AvgIpc) is 2.30. The predicted octanol–water partition coefficient (Wildman–Crippen LogP) is 4.00.